The predicted octanol–water partition coefficient (Wildman–Crippen LogP) is 3.41. The molecule has 1 fully saturated rings. The lowest BCUT2D eigenvalue weighted by Crippen LogP contribution is -2.35. The zero-order valence-corrected chi connectivity index (χ0v) is 13.8. The molecular weight excluding hydrogens is 336 g/mol. The van der Waals surface area contributed by atoms with Gasteiger partial charge in [-0.25, -0.2) is 4.98 Å². The number of benzene rings is 1. The van der Waals surface area contributed by atoms with Crippen LogP contribution in [0, 0.1) is 6.92 Å². The zero-order chi connectivity index (χ0) is 17.1. The van der Waals surface area contributed by atoms with Crippen molar-refractivity contribution in [1.82, 2.24) is 10.3 Å². The van der Waals surface area contributed by atoms with Crippen LogP contribution in [0.1, 0.15) is 17.7 Å². The molecule has 0 saturated carbocycles. The van der Waals surface area contributed by atoms with Gasteiger partial charge in [-0.2, -0.15) is 8.78 Å². The SMILES string of the molecule is Cc1sc(NC(=O)C2CCCN2)nc1-c1ccc(OC(F)F)cc1. The average molecular weight is 353 g/mol. The van der Waals surface area contributed by atoms with Gasteiger partial charge in [-0.15, -0.1) is 11.3 Å². The monoisotopic (exact) mass is 353 g/mol. The second-order valence-corrected chi connectivity index (χ2v) is 6.67. The van der Waals surface area contributed by atoms with Crippen LogP contribution in [0.25, 0.3) is 11.3 Å². The quantitative estimate of drug-likeness (QED) is 0.865. The van der Waals surface area contributed by atoms with Crippen LogP contribution >= 0.6 is 11.3 Å². The van der Waals surface area contributed by atoms with E-state index in [0.29, 0.717) is 5.13 Å². The van der Waals surface area contributed by atoms with Crippen molar-refractivity contribution in [2.75, 3.05) is 11.9 Å². The van der Waals surface area contributed by atoms with Crippen molar-refractivity contribution in [1.29, 1.82) is 0 Å². The number of thiazole rings is 1. The Kier molecular flexibility index (Phi) is 5.06. The lowest BCUT2D eigenvalue weighted by atomic mass is 10.1. The molecule has 1 unspecified atom stereocenters. The fourth-order valence-corrected chi connectivity index (χ4v) is 3.45. The highest BCUT2D eigenvalue weighted by molar-refractivity contribution is 7.16. The van der Waals surface area contributed by atoms with Gasteiger partial charge in [0.25, 0.3) is 0 Å². The van der Waals surface area contributed by atoms with Crippen molar-refractivity contribution in [3.05, 3.63) is 29.1 Å². The highest BCUT2D eigenvalue weighted by Gasteiger charge is 2.23. The minimum absolute atomic E-state index is 0.0755. The lowest BCUT2D eigenvalue weighted by Gasteiger charge is -2.08. The van der Waals surface area contributed by atoms with Gasteiger partial charge >= 0.3 is 6.61 Å². The van der Waals surface area contributed by atoms with Crippen LogP contribution in [0.2, 0.25) is 0 Å². The average Bonchev–Trinajstić information content (AvgIpc) is 3.17. The summed E-state index contributed by atoms with van der Waals surface area (Å²) in [7, 11) is 0. The van der Waals surface area contributed by atoms with Crippen molar-refractivity contribution in [3.8, 4) is 17.0 Å². The summed E-state index contributed by atoms with van der Waals surface area (Å²) in [6, 6.07) is 6.12. The number of carbonyl (C=O) groups is 1. The minimum atomic E-state index is -2.84. The molecule has 3 rings (SSSR count). The van der Waals surface area contributed by atoms with Crippen molar-refractivity contribution in [2.24, 2.45) is 0 Å². The van der Waals surface area contributed by atoms with Crippen molar-refractivity contribution in [2.45, 2.75) is 32.4 Å². The van der Waals surface area contributed by atoms with Gasteiger partial charge in [-0.05, 0) is 50.6 Å². The molecular formula is C16H17F2N3O2S. The third kappa shape index (κ3) is 3.88. The third-order valence-corrected chi connectivity index (χ3v) is 4.64. The number of hydrogen-bond acceptors (Lipinski definition) is 5. The van der Waals surface area contributed by atoms with Crippen LogP contribution < -0.4 is 15.4 Å². The maximum atomic E-state index is 12.2. The van der Waals surface area contributed by atoms with E-state index < -0.39 is 6.61 Å². The standard InChI is InChI=1S/C16H17F2N3O2S/c1-9-13(10-4-6-11(7-5-10)23-15(17)18)20-16(24-9)21-14(22)12-3-2-8-19-12/h4-7,12,15,19H,2-3,8H2,1H3,(H,20,21,22). The molecule has 8 heteroatoms. The van der Waals surface area contributed by atoms with Gasteiger partial charge in [0.05, 0.1) is 11.7 Å². The Morgan fingerprint density at radius 2 is 2.17 bits per heavy atom. The lowest BCUT2D eigenvalue weighted by molar-refractivity contribution is -0.117. The molecule has 5 nitrogen and oxygen atoms in total. The Bertz CT molecular complexity index is 713. The van der Waals surface area contributed by atoms with Crippen LogP contribution in [-0.2, 0) is 4.79 Å². The molecule has 0 spiro atoms. The largest absolute Gasteiger partial charge is 0.435 e. The van der Waals surface area contributed by atoms with E-state index in [1.54, 1.807) is 12.1 Å². The van der Waals surface area contributed by atoms with Crippen LogP contribution in [-0.4, -0.2) is 30.1 Å². The first-order valence-electron chi connectivity index (χ1n) is 7.60. The first kappa shape index (κ1) is 16.8. The van der Waals surface area contributed by atoms with Gasteiger partial charge in [0.2, 0.25) is 5.91 Å². The molecule has 1 aliphatic rings. The summed E-state index contributed by atoms with van der Waals surface area (Å²) in [6.45, 7) is -0.0873. The second kappa shape index (κ2) is 7.23. The normalized spacial score (nSPS) is 17.2. The second-order valence-electron chi connectivity index (χ2n) is 5.46. The number of nitrogens with one attached hydrogen (secondary N) is 2. The Labute approximate surface area is 142 Å². The summed E-state index contributed by atoms with van der Waals surface area (Å²) >= 11 is 1.39. The first-order chi connectivity index (χ1) is 11.5. The smallest absolute Gasteiger partial charge is 0.387 e. The van der Waals surface area contributed by atoms with E-state index in [-0.39, 0.29) is 17.7 Å². The summed E-state index contributed by atoms with van der Waals surface area (Å²) in [5.74, 6) is 0.0240. The summed E-state index contributed by atoms with van der Waals surface area (Å²) in [4.78, 5) is 17.5. The molecule has 1 saturated heterocycles. The zero-order valence-electron chi connectivity index (χ0n) is 13.0. The Hall–Kier alpha value is -2.06. The topological polar surface area (TPSA) is 63.2 Å². The van der Waals surface area contributed by atoms with E-state index in [1.807, 2.05) is 6.92 Å². The highest BCUT2D eigenvalue weighted by atomic mass is 32.1. The fourth-order valence-electron chi connectivity index (χ4n) is 2.61. The molecule has 0 radical (unpaired) electrons. The first-order valence-corrected chi connectivity index (χ1v) is 8.41. The number of rotatable bonds is 5. The molecule has 0 bridgehead atoms. The number of amides is 1. The van der Waals surface area contributed by atoms with Gasteiger partial charge in [0.15, 0.2) is 5.13 Å². The van der Waals surface area contributed by atoms with Crippen molar-refractivity contribution >= 4 is 22.4 Å². The molecule has 1 aromatic carbocycles. The number of hydrogen-bond donors (Lipinski definition) is 2. The summed E-state index contributed by atoms with van der Waals surface area (Å²) in [5, 5.41) is 6.51. The number of halogens is 2. The number of aryl methyl sites for hydroxylation is 1. The molecule has 1 atom stereocenters. The van der Waals surface area contributed by atoms with E-state index in [9.17, 15) is 13.6 Å². The van der Waals surface area contributed by atoms with E-state index in [1.165, 1.54) is 23.5 Å². The van der Waals surface area contributed by atoms with Crippen molar-refractivity contribution in [3.63, 3.8) is 0 Å². The van der Waals surface area contributed by atoms with Gasteiger partial charge in [0.1, 0.15) is 5.75 Å². The maximum absolute atomic E-state index is 12.2. The van der Waals surface area contributed by atoms with Crippen molar-refractivity contribution < 1.29 is 18.3 Å². The van der Waals surface area contributed by atoms with Crippen LogP contribution in [0.15, 0.2) is 24.3 Å². The number of anilines is 1. The van der Waals surface area contributed by atoms with Crippen LogP contribution in [0.4, 0.5) is 13.9 Å². The number of carbonyl (C=O) groups excluding carboxylic acids is 1. The molecule has 0 aliphatic carbocycles. The Balaban J connectivity index is 1.72. The van der Waals surface area contributed by atoms with E-state index in [4.69, 9.17) is 0 Å². The van der Waals surface area contributed by atoms with E-state index >= 15 is 0 Å². The van der Waals surface area contributed by atoms with E-state index in [2.05, 4.69) is 20.4 Å². The maximum Gasteiger partial charge on any atom is 0.387 e. The third-order valence-electron chi connectivity index (χ3n) is 3.76. The molecule has 1 amide bonds. The predicted molar refractivity (Wildman–Crippen MR) is 88.6 cm³/mol. The van der Waals surface area contributed by atoms with Gasteiger partial charge in [0, 0.05) is 10.4 Å². The molecule has 24 heavy (non-hydrogen) atoms. The summed E-state index contributed by atoms with van der Waals surface area (Å²) < 4.78 is 28.7. The molecule has 2 aromatic rings. The number of aromatic nitrogens is 1. The van der Waals surface area contributed by atoms with Gasteiger partial charge in [-0.1, -0.05) is 0 Å². The Morgan fingerprint density at radius 3 is 2.79 bits per heavy atom. The summed E-state index contributed by atoms with van der Waals surface area (Å²) in [5.41, 5.74) is 1.50. The van der Waals surface area contributed by atoms with Gasteiger partial charge < -0.3 is 15.4 Å². The molecule has 128 valence electrons. The van der Waals surface area contributed by atoms with E-state index in [0.717, 1.165) is 35.5 Å². The Morgan fingerprint density at radius 1 is 1.42 bits per heavy atom. The number of ether oxygens (including phenoxy) is 1. The minimum Gasteiger partial charge on any atom is -0.435 e. The molecule has 1 aliphatic heterocycles. The fraction of sp³-hybridized carbons (Fsp3) is 0.375. The van der Waals surface area contributed by atoms with Gasteiger partial charge in [-0.3, -0.25) is 4.79 Å². The summed E-state index contributed by atoms with van der Waals surface area (Å²) in [6.07, 6.45) is 1.82. The number of nitrogens with zero attached hydrogens (tertiary/aromatic N) is 1. The van der Waals surface area contributed by atoms with Crippen LogP contribution in [0.3, 0.4) is 0 Å². The number of alkyl halides is 2. The highest BCUT2D eigenvalue weighted by Crippen LogP contribution is 2.31. The molecule has 1 aromatic heterocycles. The van der Waals surface area contributed by atoms with Crippen LogP contribution in [0.5, 0.6) is 5.75 Å². The molecule has 2 N–H and O–H groups in total. The molecule has 2 heterocycles.